The first-order valence-electron chi connectivity index (χ1n) is 8.13. The quantitative estimate of drug-likeness (QED) is 0.304. The summed E-state index contributed by atoms with van der Waals surface area (Å²) < 4.78 is 0. The second-order valence-electron chi connectivity index (χ2n) is 5.59. The predicted molar refractivity (Wildman–Crippen MR) is 110 cm³/mol. The Labute approximate surface area is 161 Å². The number of guanidine groups is 1. The molecule has 0 radical (unpaired) electrons. The SMILES string of the molecule is CCNC(=NCc1ncc(C)s1)NCC(CC)(CC)CCO.I. The molecule has 3 N–H and O–H groups in total. The Kier molecular flexibility index (Phi) is 11.8. The highest BCUT2D eigenvalue weighted by molar-refractivity contribution is 14.0. The smallest absolute Gasteiger partial charge is 0.191 e. The fourth-order valence-corrected chi connectivity index (χ4v) is 3.12. The van der Waals surface area contributed by atoms with Crippen molar-refractivity contribution in [1.29, 1.82) is 0 Å². The first-order chi connectivity index (χ1) is 10.6. The fraction of sp³-hybridized carbons (Fsp3) is 0.750. The van der Waals surface area contributed by atoms with Gasteiger partial charge in [-0.15, -0.1) is 35.3 Å². The summed E-state index contributed by atoms with van der Waals surface area (Å²) in [4.78, 5) is 10.2. The average Bonchev–Trinajstić information content (AvgIpc) is 2.94. The number of aryl methyl sites for hydroxylation is 1. The zero-order valence-corrected chi connectivity index (χ0v) is 17.8. The molecule has 0 bridgehead atoms. The molecule has 1 heterocycles. The van der Waals surface area contributed by atoms with E-state index in [1.165, 1.54) is 4.88 Å². The fourth-order valence-electron chi connectivity index (χ4n) is 2.41. The molecule has 0 amide bonds. The number of nitrogens with zero attached hydrogens (tertiary/aromatic N) is 2. The number of halogens is 1. The third-order valence-corrected chi connectivity index (χ3v) is 5.06. The van der Waals surface area contributed by atoms with Gasteiger partial charge in [0.2, 0.25) is 0 Å². The molecule has 5 nitrogen and oxygen atoms in total. The van der Waals surface area contributed by atoms with E-state index in [0.717, 1.165) is 43.3 Å². The molecule has 0 spiro atoms. The molecular weight excluding hydrogens is 423 g/mol. The Morgan fingerprint density at radius 3 is 2.48 bits per heavy atom. The molecule has 0 atom stereocenters. The minimum Gasteiger partial charge on any atom is -0.396 e. The highest BCUT2D eigenvalue weighted by Crippen LogP contribution is 2.29. The number of aliphatic hydroxyl groups is 1. The zero-order chi connectivity index (χ0) is 16.4. The van der Waals surface area contributed by atoms with Crippen LogP contribution in [0, 0.1) is 12.3 Å². The molecule has 0 aliphatic rings. The average molecular weight is 454 g/mol. The van der Waals surface area contributed by atoms with Crippen LogP contribution < -0.4 is 10.6 Å². The van der Waals surface area contributed by atoms with E-state index in [-0.39, 0.29) is 36.0 Å². The number of hydrogen-bond donors (Lipinski definition) is 3. The molecule has 23 heavy (non-hydrogen) atoms. The zero-order valence-electron chi connectivity index (χ0n) is 14.7. The first kappa shape index (κ1) is 22.6. The van der Waals surface area contributed by atoms with E-state index in [4.69, 9.17) is 0 Å². The number of aliphatic imine (C=N–C) groups is 1. The molecule has 0 aromatic carbocycles. The van der Waals surface area contributed by atoms with Gasteiger partial charge in [0.1, 0.15) is 5.01 Å². The van der Waals surface area contributed by atoms with Crippen LogP contribution in [0.5, 0.6) is 0 Å². The van der Waals surface area contributed by atoms with Crippen molar-refractivity contribution in [1.82, 2.24) is 15.6 Å². The molecule has 0 saturated carbocycles. The Hall–Kier alpha value is -0.410. The van der Waals surface area contributed by atoms with Gasteiger partial charge < -0.3 is 15.7 Å². The van der Waals surface area contributed by atoms with Crippen LogP contribution in [0.1, 0.15) is 49.9 Å². The molecule has 0 aliphatic heterocycles. The van der Waals surface area contributed by atoms with Crippen LogP contribution in [-0.2, 0) is 6.54 Å². The lowest BCUT2D eigenvalue weighted by Gasteiger charge is -2.32. The van der Waals surface area contributed by atoms with Gasteiger partial charge >= 0.3 is 0 Å². The van der Waals surface area contributed by atoms with E-state index >= 15 is 0 Å². The van der Waals surface area contributed by atoms with Gasteiger partial charge in [-0.1, -0.05) is 13.8 Å². The van der Waals surface area contributed by atoms with Crippen LogP contribution in [0.3, 0.4) is 0 Å². The number of nitrogens with one attached hydrogen (secondary N) is 2. The van der Waals surface area contributed by atoms with Gasteiger partial charge in [-0.25, -0.2) is 9.98 Å². The minimum absolute atomic E-state index is 0. The number of rotatable bonds is 9. The molecule has 0 saturated heterocycles. The standard InChI is InChI=1S/C16H30N4OS.HI/c1-5-16(6-2,8-9-21)12-20-15(17-7-3)19-11-14-18-10-13(4)22-14;/h10,21H,5-9,11-12H2,1-4H3,(H2,17,19,20);1H. The van der Waals surface area contributed by atoms with Gasteiger partial charge in [0.25, 0.3) is 0 Å². The Morgan fingerprint density at radius 2 is 2.00 bits per heavy atom. The molecule has 134 valence electrons. The van der Waals surface area contributed by atoms with Crippen LogP contribution in [0.2, 0.25) is 0 Å². The third kappa shape index (κ3) is 7.80. The van der Waals surface area contributed by atoms with E-state index in [0.29, 0.717) is 6.54 Å². The topological polar surface area (TPSA) is 69.5 Å². The van der Waals surface area contributed by atoms with Crippen LogP contribution in [0.4, 0.5) is 0 Å². The molecule has 1 aromatic rings. The molecule has 7 heteroatoms. The number of thiazole rings is 1. The van der Waals surface area contributed by atoms with Gasteiger partial charge in [-0.2, -0.15) is 0 Å². The second-order valence-corrected chi connectivity index (χ2v) is 6.91. The predicted octanol–water partition coefficient (Wildman–Crippen LogP) is 3.31. The van der Waals surface area contributed by atoms with Crippen molar-refractivity contribution in [2.75, 3.05) is 19.7 Å². The maximum Gasteiger partial charge on any atom is 0.191 e. The summed E-state index contributed by atoms with van der Waals surface area (Å²) in [5.41, 5.74) is 0.128. The maximum atomic E-state index is 9.31. The molecular formula is C16H31IN4OS. The summed E-state index contributed by atoms with van der Waals surface area (Å²) >= 11 is 1.68. The molecule has 1 aromatic heterocycles. The van der Waals surface area contributed by atoms with E-state index in [2.05, 4.69) is 48.3 Å². The van der Waals surface area contributed by atoms with Crippen molar-refractivity contribution >= 4 is 41.3 Å². The first-order valence-corrected chi connectivity index (χ1v) is 8.95. The van der Waals surface area contributed by atoms with E-state index in [1.54, 1.807) is 11.3 Å². The van der Waals surface area contributed by atoms with Crippen molar-refractivity contribution in [3.8, 4) is 0 Å². The van der Waals surface area contributed by atoms with Crippen molar-refractivity contribution < 1.29 is 5.11 Å². The van der Waals surface area contributed by atoms with Crippen LogP contribution >= 0.6 is 35.3 Å². The highest BCUT2D eigenvalue weighted by atomic mass is 127. The van der Waals surface area contributed by atoms with Crippen LogP contribution in [0.15, 0.2) is 11.2 Å². The monoisotopic (exact) mass is 454 g/mol. The molecule has 0 fully saturated rings. The summed E-state index contributed by atoms with van der Waals surface area (Å²) in [5, 5.41) is 17.0. The van der Waals surface area contributed by atoms with Crippen LogP contribution in [-0.4, -0.2) is 35.7 Å². The van der Waals surface area contributed by atoms with E-state index in [1.807, 2.05) is 6.20 Å². The van der Waals surface area contributed by atoms with E-state index in [9.17, 15) is 5.11 Å². The van der Waals surface area contributed by atoms with Crippen LogP contribution in [0.25, 0.3) is 0 Å². The largest absolute Gasteiger partial charge is 0.396 e. The van der Waals surface area contributed by atoms with E-state index < -0.39 is 0 Å². The lowest BCUT2D eigenvalue weighted by Crippen LogP contribution is -2.43. The van der Waals surface area contributed by atoms with Gasteiger partial charge in [0.05, 0.1) is 6.54 Å². The number of aliphatic hydroxyl groups excluding tert-OH is 1. The van der Waals surface area contributed by atoms with Gasteiger partial charge in [-0.3, -0.25) is 0 Å². The normalized spacial score (nSPS) is 12.0. The maximum absolute atomic E-state index is 9.31. The van der Waals surface area contributed by atoms with Crippen molar-refractivity contribution in [2.24, 2.45) is 10.4 Å². The van der Waals surface area contributed by atoms with Crippen molar-refractivity contribution in [2.45, 2.75) is 53.5 Å². The summed E-state index contributed by atoms with van der Waals surface area (Å²) in [6.07, 6.45) is 4.79. The van der Waals surface area contributed by atoms with Crippen molar-refractivity contribution in [3.63, 3.8) is 0 Å². The summed E-state index contributed by atoms with van der Waals surface area (Å²) in [5.74, 6) is 0.819. The lowest BCUT2D eigenvalue weighted by atomic mass is 9.79. The van der Waals surface area contributed by atoms with Gasteiger partial charge in [-0.05, 0) is 38.5 Å². The Morgan fingerprint density at radius 1 is 1.30 bits per heavy atom. The number of hydrogen-bond acceptors (Lipinski definition) is 4. The third-order valence-electron chi connectivity index (χ3n) is 4.16. The van der Waals surface area contributed by atoms with Crippen molar-refractivity contribution in [3.05, 3.63) is 16.1 Å². The summed E-state index contributed by atoms with van der Waals surface area (Å²) in [6, 6.07) is 0. The Balaban J connectivity index is 0.00000484. The Bertz CT molecular complexity index is 461. The highest BCUT2D eigenvalue weighted by Gasteiger charge is 2.25. The van der Waals surface area contributed by atoms with Gasteiger partial charge in [0, 0.05) is 30.8 Å². The lowest BCUT2D eigenvalue weighted by molar-refractivity contribution is 0.169. The second kappa shape index (κ2) is 12.0. The summed E-state index contributed by atoms with van der Waals surface area (Å²) in [7, 11) is 0. The minimum atomic E-state index is 0. The molecule has 0 unspecified atom stereocenters. The number of aromatic nitrogens is 1. The summed E-state index contributed by atoms with van der Waals surface area (Å²) in [6.45, 7) is 11.0. The van der Waals surface area contributed by atoms with Gasteiger partial charge in [0.15, 0.2) is 5.96 Å². The molecule has 1 rings (SSSR count). The molecule has 0 aliphatic carbocycles.